The molecule has 2 aromatic carbocycles. The summed E-state index contributed by atoms with van der Waals surface area (Å²) >= 11 is 1.90. The number of benzene rings is 2. The van der Waals surface area contributed by atoms with Crippen LogP contribution in [0.15, 0.2) is 60.8 Å². The molecule has 0 spiro atoms. The average molecular weight is 515 g/mol. The Bertz CT molecular complexity index is 1360. The van der Waals surface area contributed by atoms with Crippen LogP contribution >= 0.6 is 11.8 Å². The topological polar surface area (TPSA) is 83.4 Å². The molecule has 8 heteroatoms. The van der Waals surface area contributed by atoms with Crippen molar-refractivity contribution in [1.82, 2.24) is 14.8 Å². The molecule has 5 rings (SSSR count). The van der Waals surface area contributed by atoms with Gasteiger partial charge >= 0.3 is 0 Å². The lowest BCUT2D eigenvalue weighted by atomic mass is 10.1. The van der Waals surface area contributed by atoms with Crippen LogP contribution in [0.25, 0.3) is 12.2 Å². The van der Waals surface area contributed by atoms with Crippen molar-refractivity contribution in [3.63, 3.8) is 0 Å². The maximum atomic E-state index is 13.5. The summed E-state index contributed by atoms with van der Waals surface area (Å²) in [6.07, 6.45) is 6.17. The molecule has 37 heavy (non-hydrogen) atoms. The standard InChI is InChI=1S/C29H30N4O3S/c1-3-37-18-21-10-7-19(8-11-21)6-9-20-12-13-24-23(15-20)29(36)33-17-22(16-26(33)28(35)31-24)30-27(34)25-5-4-14-32(25)2/h4-15,22,26H,3,16-18H2,1-2H3,(H,30,34)(H,31,35). The van der Waals surface area contributed by atoms with Gasteiger partial charge in [-0.2, -0.15) is 11.8 Å². The lowest BCUT2D eigenvalue weighted by molar-refractivity contribution is -0.119. The highest BCUT2D eigenvalue weighted by atomic mass is 32.2. The van der Waals surface area contributed by atoms with Gasteiger partial charge in [0.2, 0.25) is 5.91 Å². The molecule has 1 aromatic heterocycles. The Kier molecular flexibility index (Phi) is 7.19. The molecule has 190 valence electrons. The van der Waals surface area contributed by atoms with E-state index in [9.17, 15) is 14.4 Å². The molecular formula is C29H30N4O3S. The third-order valence-corrected chi connectivity index (χ3v) is 7.77. The van der Waals surface area contributed by atoms with E-state index in [-0.39, 0.29) is 30.3 Å². The second-order valence-corrected chi connectivity index (χ2v) is 10.7. The number of thioether (sulfide) groups is 1. The molecule has 3 amide bonds. The second-order valence-electron chi connectivity index (χ2n) is 9.39. The normalized spacial score (nSPS) is 18.9. The molecular weight excluding hydrogens is 484 g/mol. The van der Waals surface area contributed by atoms with E-state index in [1.54, 1.807) is 40.9 Å². The Hall–Kier alpha value is -3.78. The molecule has 7 nitrogen and oxygen atoms in total. The summed E-state index contributed by atoms with van der Waals surface area (Å²) in [5, 5.41) is 5.90. The Balaban J connectivity index is 1.31. The number of anilines is 1. The first kappa shape index (κ1) is 24.9. The summed E-state index contributed by atoms with van der Waals surface area (Å²) in [6, 6.07) is 16.6. The van der Waals surface area contributed by atoms with Crippen molar-refractivity contribution in [2.75, 3.05) is 17.6 Å². The van der Waals surface area contributed by atoms with Gasteiger partial charge in [-0.1, -0.05) is 49.4 Å². The van der Waals surface area contributed by atoms with E-state index in [4.69, 9.17) is 0 Å². The Morgan fingerprint density at radius 1 is 1.11 bits per heavy atom. The Morgan fingerprint density at radius 2 is 1.86 bits per heavy atom. The van der Waals surface area contributed by atoms with Gasteiger partial charge in [0.25, 0.3) is 11.8 Å². The summed E-state index contributed by atoms with van der Waals surface area (Å²) in [7, 11) is 1.80. The largest absolute Gasteiger partial charge is 0.347 e. The first-order chi connectivity index (χ1) is 17.9. The minimum absolute atomic E-state index is 0.206. The third kappa shape index (κ3) is 5.34. The molecule has 1 fully saturated rings. The van der Waals surface area contributed by atoms with Crippen molar-refractivity contribution in [3.8, 4) is 0 Å². The first-order valence-corrected chi connectivity index (χ1v) is 13.6. The van der Waals surface area contributed by atoms with Gasteiger partial charge in [-0.25, -0.2) is 0 Å². The quantitative estimate of drug-likeness (QED) is 0.458. The maximum Gasteiger partial charge on any atom is 0.268 e. The molecule has 0 bridgehead atoms. The lowest BCUT2D eigenvalue weighted by Crippen LogP contribution is -2.41. The number of fused-ring (bicyclic) bond motifs is 2. The van der Waals surface area contributed by atoms with Crippen LogP contribution in [-0.2, 0) is 17.6 Å². The number of hydrogen-bond acceptors (Lipinski definition) is 4. The van der Waals surface area contributed by atoms with Crippen LogP contribution in [0.1, 0.15) is 50.9 Å². The SMILES string of the molecule is CCSCc1ccc(C=Cc2ccc3c(c2)C(=O)N2CC(NC(=O)c4cccn4C)CC2C(=O)N3)cc1. The number of aromatic nitrogens is 1. The van der Waals surface area contributed by atoms with Crippen LogP contribution in [0.4, 0.5) is 5.69 Å². The number of carbonyl (C=O) groups is 3. The van der Waals surface area contributed by atoms with Crippen molar-refractivity contribution >= 4 is 47.3 Å². The summed E-state index contributed by atoms with van der Waals surface area (Å²) in [5.74, 6) is 1.45. The zero-order valence-corrected chi connectivity index (χ0v) is 21.8. The average Bonchev–Trinajstić information content (AvgIpc) is 3.51. The second kappa shape index (κ2) is 10.7. The third-order valence-electron chi connectivity index (χ3n) is 6.83. The monoisotopic (exact) mass is 514 g/mol. The van der Waals surface area contributed by atoms with Crippen LogP contribution in [0.2, 0.25) is 0 Å². The maximum absolute atomic E-state index is 13.5. The molecule has 2 atom stereocenters. The fraction of sp³-hybridized carbons (Fsp3) is 0.276. The van der Waals surface area contributed by atoms with Crippen molar-refractivity contribution in [1.29, 1.82) is 0 Å². The molecule has 2 aliphatic heterocycles. The zero-order valence-electron chi connectivity index (χ0n) is 20.9. The number of amides is 3. The number of hydrogen-bond donors (Lipinski definition) is 2. The predicted octanol–water partition coefficient (Wildman–Crippen LogP) is 4.41. The van der Waals surface area contributed by atoms with E-state index >= 15 is 0 Å². The molecule has 2 unspecified atom stereocenters. The lowest BCUT2D eigenvalue weighted by Gasteiger charge is -2.20. The van der Waals surface area contributed by atoms with Gasteiger partial charge in [-0.15, -0.1) is 0 Å². The highest BCUT2D eigenvalue weighted by molar-refractivity contribution is 7.98. The minimum Gasteiger partial charge on any atom is -0.347 e. The molecule has 1 saturated heterocycles. The van der Waals surface area contributed by atoms with Crippen LogP contribution in [0.5, 0.6) is 0 Å². The number of nitrogens with zero attached hydrogens (tertiary/aromatic N) is 2. The van der Waals surface area contributed by atoms with Gasteiger partial charge in [-0.3, -0.25) is 14.4 Å². The molecule has 3 heterocycles. The highest BCUT2D eigenvalue weighted by Gasteiger charge is 2.43. The van der Waals surface area contributed by atoms with Crippen LogP contribution in [0, 0.1) is 0 Å². The van der Waals surface area contributed by atoms with E-state index in [1.165, 1.54) is 5.56 Å². The number of rotatable bonds is 7. The van der Waals surface area contributed by atoms with Crippen molar-refractivity contribution in [2.24, 2.45) is 7.05 Å². The van der Waals surface area contributed by atoms with Crippen LogP contribution in [-0.4, -0.2) is 51.6 Å². The molecule has 0 radical (unpaired) electrons. The van der Waals surface area contributed by atoms with Gasteiger partial charge < -0.3 is 20.1 Å². The van der Waals surface area contributed by atoms with Gasteiger partial charge in [0.1, 0.15) is 11.7 Å². The van der Waals surface area contributed by atoms with E-state index in [0.717, 1.165) is 22.6 Å². The smallest absolute Gasteiger partial charge is 0.268 e. The minimum atomic E-state index is -0.623. The molecule has 0 saturated carbocycles. The van der Waals surface area contributed by atoms with Crippen LogP contribution < -0.4 is 10.6 Å². The number of carbonyl (C=O) groups excluding carboxylic acids is 3. The Labute approximate surface area is 220 Å². The summed E-state index contributed by atoms with van der Waals surface area (Å²) in [6.45, 7) is 2.44. The fourth-order valence-corrected chi connectivity index (χ4v) is 5.46. The van der Waals surface area contributed by atoms with Gasteiger partial charge in [0.15, 0.2) is 0 Å². The molecule has 3 aromatic rings. The van der Waals surface area contributed by atoms with Crippen LogP contribution in [0.3, 0.4) is 0 Å². The van der Waals surface area contributed by atoms with Gasteiger partial charge in [0.05, 0.1) is 11.3 Å². The van der Waals surface area contributed by atoms with E-state index in [1.807, 2.05) is 36.0 Å². The van der Waals surface area contributed by atoms with Gasteiger partial charge in [0, 0.05) is 31.6 Å². The fourth-order valence-electron chi connectivity index (χ4n) is 4.83. The van der Waals surface area contributed by atoms with Crippen molar-refractivity contribution in [2.45, 2.75) is 31.2 Å². The van der Waals surface area contributed by atoms with Crippen molar-refractivity contribution in [3.05, 3.63) is 88.7 Å². The predicted molar refractivity (Wildman–Crippen MR) is 148 cm³/mol. The summed E-state index contributed by atoms with van der Waals surface area (Å²) in [4.78, 5) is 40.7. The zero-order chi connectivity index (χ0) is 25.9. The van der Waals surface area contributed by atoms with Gasteiger partial charge in [-0.05, 0) is 53.1 Å². The number of aryl methyl sites for hydroxylation is 1. The molecule has 0 aliphatic carbocycles. The summed E-state index contributed by atoms with van der Waals surface area (Å²) < 4.78 is 1.74. The first-order valence-electron chi connectivity index (χ1n) is 12.5. The molecule has 2 N–H and O–H groups in total. The van der Waals surface area contributed by atoms with Crippen molar-refractivity contribution < 1.29 is 14.4 Å². The van der Waals surface area contributed by atoms with E-state index in [2.05, 4.69) is 41.8 Å². The summed E-state index contributed by atoms with van der Waals surface area (Å²) in [5.41, 5.74) is 4.76. The highest BCUT2D eigenvalue weighted by Crippen LogP contribution is 2.30. The Morgan fingerprint density at radius 3 is 2.59 bits per heavy atom. The van der Waals surface area contributed by atoms with E-state index < -0.39 is 6.04 Å². The number of nitrogens with one attached hydrogen (secondary N) is 2. The molecule has 2 aliphatic rings. The van der Waals surface area contributed by atoms with E-state index in [0.29, 0.717) is 23.4 Å².